The number of benzene rings is 1. The van der Waals surface area contributed by atoms with Gasteiger partial charge in [0.25, 0.3) is 0 Å². The van der Waals surface area contributed by atoms with Gasteiger partial charge in [-0.2, -0.15) is 0 Å². The average Bonchev–Trinajstić information content (AvgIpc) is 2.87. The third-order valence-corrected chi connectivity index (χ3v) is 4.80. The van der Waals surface area contributed by atoms with Gasteiger partial charge in [0.2, 0.25) is 0 Å². The highest BCUT2D eigenvalue weighted by Gasteiger charge is 2.17. The number of thiophene rings is 1. The second-order valence-electron chi connectivity index (χ2n) is 4.95. The molecule has 0 bridgehead atoms. The van der Waals surface area contributed by atoms with E-state index in [9.17, 15) is 0 Å². The Morgan fingerprint density at radius 1 is 1.17 bits per heavy atom. The fourth-order valence-corrected chi connectivity index (χ4v) is 3.63. The predicted molar refractivity (Wildman–Crippen MR) is 78.0 cm³/mol. The third-order valence-electron chi connectivity index (χ3n) is 3.78. The number of hydrogen-bond donors (Lipinski definition) is 0. The van der Waals surface area contributed by atoms with E-state index in [2.05, 4.69) is 47.5 Å². The van der Waals surface area contributed by atoms with Crippen molar-refractivity contribution in [2.24, 2.45) is 0 Å². The van der Waals surface area contributed by atoms with Gasteiger partial charge in [0.05, 0.1) is 0 Å². The first-order chi connectivity index (χ1) is 8.86. The Bertz CT molecular complexity index is 529. The molecule has 0 unspecified atom stereocenters. The van der Waals surface area contributed by atoms with Crippen molar-refractivity contribution in [3.05, 3.63) is 57.3 Å². The standard InChI is InChI=1S/C16H19NS/c1-2-13-5-3-4-6-14(13)11-17-9-7-16-15(12-17)8-10-18-16/h3-6,8,10H,2,7,9,11-12H2,1H3. The van der Waals surface area contributed by atoms with Gasteiger partial charge in [0.15, 0.2) is 0 Å². The average molecular weight is 257 g/mol. The summed E-state index contributed by atoms with van der Waals surface area (Å²) in [6, 6.07) is 11.1. The van der Waals surface area contributed by atoms with Gasteiger partial charge in [-0.25, -0.2) is 0 Å². The number of rotatable bonds is 3. The van der Waals surface area contributed by atoms with Crippen molar-refractivity contribution in [3.8, 4) is 0 Å². The summed E-state index contributed by atoms with van der Waals surface area (Å²) in [4.78, 5) is 4.17. The van der Waals surface area contributed by atoms with Gasteiger partial charge < -0.3 is 0 Å². The van der Waals surface area contributed by atoms with E-state index in [0.717, 1.165) is 19.5 Å². The monoisotopic (exact) mass is 257 g/mol. The van der Waals surface area contributed by atoms with Crippen LogP contribution < -0.4 is 0 Å². The van der Waals surface area contributed by atoms with Gasteiger partial charge in [0, 0.05) is 24.5 Å². The second kappa shape index (κ2) is 5.25. The first kappa shape index (κ1) is 11.9. The molecule has 94 valence electrons. The molecule has 1 aromatic carbocycles. The van der Waals surface area contributed by atoms with Crippen molar-refractivity contribution in [2.75, 3.05) is 6.54 Å². The molecule has 1 nitrogen and oxygen atoms in total. The van der Waals surface area contributed by atoms with Crippen LogP contribution in [-0.2, 0) is 25.9 Å². The summed E-state index contributed by atoms with van der Waals surface area (Å²) in [7, 11) is 0. The Hall–Kier alpha value is -1.12. The van der Waals surface area contributed by atoms with Crippen LogP contribution in [0, 0.1) is 0 Å². The summed E-state index contributed by atoms with van der Waals surface area (Å²) in [5.41, 5.74) is 4.53. The Balaban J connectivity index is 1.74. The smallest absolute Gasteiger partial charge is 0.0248 e. The molecule has 0 fully saturated rings. The van der Waals surface area contributed by atoms with E-state index in [-0.39, 0.29) is 0 Å². The highest BCUT2D eigenvalue weighted by molar-refractivity contribution is 7.10. The van der Waals surface area contributed by atoms with Gasteiger partial charge >= 0.3 is 0 Å². The Labute approximate surface area is 113 Å². The SMILES string of the molecule is CCc1ccccc1CN1CCc2sccc2C1. The molecular weight excluding hydrogens is 238 g/mol. The van der Waals surface area contributed by atoms with Gasteiger partial charge in [-0.05, 0) is 41.0 Å². The summed E-state index contributed by atoms with van der Waals surface area (Å²) in [6.45, 7) is 5.66. The van der Waals surface area contributed by atoms with E-state index in [0.29, 0.717) is 0 Å². The number of fused-ring (bicyclic) bond motifs is 1. The lowest BCUT2D eigenvalue weighted by atomic mass is 10.0. The lowest BCUT2D eigenvalue weighted by Crippen LogP contribution is -2.29. The summed E-state index contributed by atoms with van der Waals surface area (Å²) >= 11 is 1.91. The highest BCUT2D eigenvalue weighted by atomic mass is 32.1. The van der Waals surface area contributed by atoms with Crippen LogP contribution in [0.15, 0.2) is 35.7 Å². The maximum Gasteiger partial charge on any atom is 0.0248 e. The first-order valence-corrected chi connectivity index (χ1v) is 7.59. The van der Waals surface area contributed by atoms with E-state index >= 15 is 0 Å². The van der Waals surface area contributed by atoms with Crippen molar-refractivity contribution in [2.45, 2.75) is 32.9 Å². The molecule has 0 radical (unpaired) electrons. The molecule has 0 atom stereocenters. The minimum atomic E-state index is 1.10. The van der Waals surface area contributed by atoms with Crippen LogP contribution in [0.2, 0.25) is 0 Å². The van der Waals surface area contributed by atoms with Gasteiger partial charge in [-0.1, -0.05) is 31.2 Å². The largest absolute Gasteiger partial charge is 0.294 e. The molecule has 0 saturated carbocycles. The van der Waals surface area contributed by atoms with Crippen molar-refractivity contribution >= 4 is 11.3 Å². The van der Waals surface area contributed by atoms with Gasteiger partial charge in [-0.3, -0.25) is 4.90 Å². The van der Waals surface area contributed by atoms with Crippen molar-refractivity contribution in [1.29, 1.82) is 0 Å². The van der Waals surface area contributed by atoms with Crippen LogP contribution in [0.3, 0.4) is 0 Å². The molecule has 0 saturated heterocycles. The Morgan fingerprint density at radius 2 is 2.00 bits per heavy atom. The van der Waals surface area contributed by atoms with E-state index in [4.69, 9.17) is 0 Å². The van der Waals surface area contributed by atoms with E-state index < -0.39 is 0 Å². The molecule has 1 aliphatic heterocycles. The van der Waals surface area contributed by atoms with Crippen LogP contribution in [0.25, 0.3) is 0 Å². The molecule has 0 spiro atoms. The Kier molecular flexibility index (Phi) is 3.48. The van der Waals surface area contributed by atoms with Crippen molar-refractivity contribution in [1.82, 2.24) is 4.90 Å². The second-order valence-corrected chi connectivity index (χ2v) is 5.95. The molecule has 18 heavy (non-hydrogen) atoms. The van der Waals surface area contributed by atoms with Crippen LogP contribution in [-0.4, -0.2) is 11.4 Å². The summed E-state index contributed by atoms with van der Waals surface area (Å²) in [5.74, 6) is 0. The lowest BCUT2D eigenvalue weighted by molar-refractivity contribution is 0.247. The van der Waals surface area contributed by atoms with Crippen molar-refractivity contribution < 1.29 is 0 Å². The zero-order valence-corrected chi connectivity index (χ0v) is 11.7. The van der Waals surface area contributed by atoms with Crippen molar-refractivity contribution in [3.63, 3.8) is 0 Å². The zero-order valence-electron chi connectivity index (χ0n) is 10.9. The highest BCUT2D eigenvalue weighted by Crippen LogP contribution is 2.25. The molecule has 1 aromatic heterocycles. The third kappa shape index (κ3) is 2.36. The minimum absolute atomic E-state index is 1.10. The van der Waals surface area contributed by atoms with Crippen LogP contribution >= 0.6 is 11.3 Å². The van der Waals surface area contributed by atoms with Gasteiger partial charge in [0.1, 0.15) is 0 Å². The summed E-state index contributed by atoms with van der Waals surface area (Å²) in [6.07, 6.45) is 2.36. The molecule has 3 rings (SSSR count). The summed E-state index contributed by atoms with van der Waals surface area (Å²) in [5, 5.41) is 2.23. The number of nitrogens with zero attached hydrogens (tertiary/aromatic N) is 1. The van der Waals surface area contributed by atoms with Crippen LogP contribution in [0.1, 0.15) is 28.5 Å². The first-order valence-electron chi connectivity index (χ1n) is 6.71. The molecule has 2 aromatic rings. The lowest BCUT2D eigenvalue weighted by Gasteiger charge is -2.27. The van der Waals surface area contributed by atoms with Gasteiger partial charge in [-0.15, -0.1) is 11.3 Å². The Morgan fingerprint density at radius 3 is 2.83 bits per heavy atom. The quantitative estimate of drug-likeness (QED) is 0.807. The molecule has 1 aliphatic rings. The molecule has 2 heterocycles. The van der Waals surface area contributed by atoms with Crippen LogP contribution in [0.5, 0.6) is 0 Å². The molecule has 2 heteroatoms. The fraction of sp³-hybridized carbons (Fsp3) is 0.375. The molecule has 0 amide bonds. The molecular formula is C16H19NS. The minimum Gasteiger partial charge on any atom is -0.294 e. The number of aryl methyl sites for hydroxylation is 1. The number of hydrogen-bond acceptors (Lipinski definition) is 2. The summed E-state index contributed by atoms with van der Waals surface area (Å²) < 4.78 is 0. The topological polar surface area (TPSA) is 3.24 Å². The van der Waals surface area contributed by atoms with Crippen LogP contribution in [0.4, 0.5) is 0 Å². The molecule has 0 aliphatic carbocycles. The maximum atomic E-state index is 2.57. The maximum absolute atomic E-state index is 2.57. The van der Waals surface area contributed by atoms with E-state index in [1.165, 1.54) is 24.1 Å². The normalized spacial score (nSPS) is 15.6. The van der Waals surface area contributed by atoms with E-state index in [1.807, 2.05) is 11.3 Å². The van der Waals surface area contributed by atoms with E-state index in [1.54, 1.807) is 10.4 Å². The molecule has 0 N–H and O–H groups in total. The zero-order chi connectivity index (χ0) is 12.4. The predicted octanol–water partition coefficient (Wildman–Crippen LogP) is 3.87. The fourth-order valence-electron chi connectivity index (χ4n) is 2.74.